The van der Waals surface area contributed by atoms with Gasteiger partial charge in [0, 0.05) is 10.2 Å². The molecule has 0 saturated carbocycles. The molecule has 110 valence electrons. The van der Waals surface area contributed by atoms with E-state index in [-0.39, 0.29) is 24.7 Å². The molecule has 0 spiro atoms. The average molecular weight is 352 g/mol. The molecule has 5 heteroatoms. The monoisotopic (exact) mass is 351 g/mol. The van der Waals surface area contributed by atoms with Gasteiger partial charge in [0.2, 0.25) is 5.91 Å². The second-order valence-electron chi connectivity index (χ2n) is 4.54. The number of nitrogens with one attached hydrogen (secondary N) is 1. The highest BCUT2D eigenvalue weighted by Crippen LogP contribution is 2.20. The minimum Gasteiger partial charge on any atom is -0.490 e. The predicted octanol–water partition coefficient (Wildman–Crippen LogP) is 4.30. The molecule has 1 amide bonds. The molecule has 0 heterocycles. The van der Waals surface area contributed by atoms with Crippen molar-refractivity contribution in [3.05, 3.63) is 58.3 Å². The highest BCUT2D eigenvalue weighted by Gasteiger charge is 2.06. The van der Waals surface area contributed by atoms with Crippen molar-refractivity contribution >= 4 is 27.5 Å². The number of para-hydroxylation sites is 1. The van der Waals surface area contributed by atoms with Gasteiger partial charge in [0.25, 0.3) is 0 Å². The first kappa shape index (κ1) is 15.5. The molecule has 2 aromatic carbocycles. The van der Waals surface area contributed by atoms with Crippen LogP contribution in [0.4, 0.5) is 10.1 Å². The Hall–Kier alpha value is -1.88. The van der Waals surface area contributed by atoms with E-state index in [1.54, 1.807) is 12.1 Å². The van der Waals surface area contributed by atoms with Gasteiger partial charge in [-0.3, -0.25) is 4.79 Å². The third-order valence-electron chi connectivity index (χ3n) is 2.87. The summed E-state index contributed by atoms with van der Waals surface area (Å²) in [7, 11) is 0. The maximum atomic E-state index is 13.3. The maximum absolute atomic E-state index is 13.3. The van der Waals surface area contributed by atoms with Crippen LogP contribution in [0.25, 0.3) is 0 Å². The number of rotatable bonds is 5. The summed E-state index contributed by atoms with van der Waals surface area (Å²) in [5, 5.41) is 2.78. The van der Waals surface area contributed by atoms with Crippen LogP contribution in [0.5, 0.6) is 5.75 Å². The minimum absolute atomic E-state index is 0.127. The zero-order valence-electron chi connectivity index (χ0n) is 11.5. The normalized spacial score (nSPS) is 10.2. The fraction of sp³-hybridized carbons (Fsp3) is 0.188. The Morgan fingerprint density at radius 1 is 1.29 bits per heavy atom. The molecule has 0 atom stereocenters. The Balaban J connectivity index is 1.82. The van der Waals surface area contributed by atoms with Crippen molar-refractivity contribution in [2.24, 2.45) is 0 Å². The summed E-state index contributed by atoms with van der Waals surface area (Å²) in [5.74, 6) is -0.445. The molecule has 0 aliphatic heterocycles. The molecular formula is C16H15BrFNO2. The molecule has 21 heavy (non-hydrogen) atoms. The van der Waals surface area contributed by atoms with Gasteiger partial charge in [0.1, 0.15) is 0 Å². The van der Waals surface area contributed by atoms with Crippen LogP contribution in [0.3, 0.4) is 0 Å². The van der Waals surface area contributed by atoms with Crippen LogP contribution in [0.2, 0.25) is 0 Å². The molecule has 0 bridgehead atoms. The minimum atomic E-state index is -0.429. The summed E-state index contributed by atoms with van der Waals surface area (Å²) in [6.07, 6.45) is 0.156. The summed E-state index contributed by atoms with van der Waals surface area (Å²) in [6, 6.07) is 11.7. The summed E-state index contributed by atoms with van der Waals surface area (Å²) in [4.78, 5) is 11.8. The number of hydrogen-bond donors (Lipinski definition) is 1. The number of carbonyl (C=O) groups excluding carboxylic acids is 1. The van der Waals surface area contributed by atoms with Gasteiger partial charge in [0.05, 0.1) is 13.0 Å². The van der Waals surface area contributed by atoms with Crippen molar-refractivity contribution in [2.75, 3.05) is 11.9 Å². The summed E-state index contributed by atoms with van der Waals surface area (Å²) < 4.78 is 19.5. The quantitative estimate of drug-likeness (QED) is 0.871. The Morgan fingerprint density at radius 3 is 2.76 bits per heavy atom. The lowest BCUT2D eigenvalue weighted by Crippen LogP contribution is -2.15. The maximum Gasteiger partial charge on any atom is 0.227 e. The van der Waals surface area contributed by atoms with Crippen molar-refractivity contribution in [2.45, 2.75) is 13.3 Å². The fourth-order valence-electron chi connectivity index (χ4n) is 1.76. The van der Waals surface area contributed by atoms with Gasteiger partial charge in [0.15, 0.2) is 11.6 Å². The molecular weight excluding hydrogens is 337 g/mol. The Labute approximate surface area is 131 Å². The number of benzene rings is 2. The topological polar surface area (TPSA) is 38.3 Å². The Kier molecular flexibility index (Phi) is 5.33. The van der Waals surface area contributed by atoms with Gasteiger partial charge in [-0.05, 0) is 42.8 Å². The number of anilines is 1. The molecule has 0 aromatic heterocycles. The zero-order chi connectivity index (χ0) is 15.2. The molecule has 0 radical (unpaired) electrons. The number of hydrogen-bond acceptors (Lipinski definition) is 2. The van der Waals surface area contributed by atoms with E-state index in [0.717, 1.165) is 15.7 Å². The standard InChI is InChI=1S/C16H15BrFNO2/c1-11-10-12(6-7-13(11)17)19-16(20)8-9-21-15-5-3-2-4-14(15)18/h2-7,10H,8-9H2,1H3,(H,19,20). The van der Waals surface area contributed by atoms with Gasteiger partial charge < -0.3 is 10.1 Å². The third kappa shape index (κ3) is 4.56. The second-order valence-corrected chi connectivity index (χ2v) is 5.40. The summed E-state index contributed by atoms with van der Waals surface area (Å²) in [5.41, 5.74) is 1.77. The second kappa shape index (κ2) is 7.22. The van der Waals surface area contributed by atoms with E-state index in [9.17, 15) is 9.18 Å². The van der Waals surface area contributed by atoms with E-state index in [0.29, 0.717) is 0 Å². The Bertz CT molecular complexity index is 646. The van der Waals surface area contributed by atoms with E-state index in [1.807, 2.05) is 25.1 Å². The lowest BCUT2D eigenvalue weighted by atomic mass is 10.2. The lowest BCUT2D eigenvalue weighted by molar-refractivity contribution is -0.116. The molecule has 0 saturated heterocycles. The predicted molar refractivity (Wildman–Crippen MR) is 84.0 cm³/mol. The van der Waals surface area contributed by atoms with E-state index in [4.69, 9.17) is 4.74 Å². The number of aryl methyl sites for hydroxylation is 1. The van der Waals surface area contributed by atoms with Crippen LogP contribution >= 0.6 is 15.9 Å². The highest BCUT2D eigenvalue weighted by atomic mass is 79.9. The molecule has 3 nitrogen and oxygen atoms in total. The average Bonchev–Trinajstić information content (AvgIpc) is 2.45. The SMILES string of the molecule is Cc1cc(NC(=O)CCOc2ccccc2F)ccc1Br. The third-order valence-corrected chi connectivity index (χ3v) is 3.75. The molecule has 2 rings (SSSR count). The highest BCUT2D eigenvalue weighted by molar-refractivity contribution is 9.10. The first-order valence-electron chi connectivity index (χ1n) is 6.49. The van der Waals surface area contributed by atoms with Crippen molar-refractivity contribution in [1.82, 2.24) is 0 Å². The largest absolute Gasteiger partial charge is 0.490 e. The van der Waals surface area contributed by atoms with Crippen molar-refractivity contribution in [1.29, 1.82) is 0 Å². The summed E-state index contributed by atoms with van der Waals surface area (Å²) >= 11 is 3.40. The van der Waals surface area contributed by atoms with Crippen molar-refractivity contribution < 1.29 is 13.9 Å². The van der Waals surface area contributed by atoms with Gasteiger partial charge in [-0.1, -0.05) is 28.1 Å². The van der Waals surface area contributed by atoms with Crippen molar-refractivity contribution in [3.63, 3.8) is 0 Å². The van der Waals surface area contributed by atoms with Crippen LogP contribution < -0.4 is 10.1 Å². The van der Waals surface area contributed by atoms with Gasteiger partial charge in [-0.2, -0.15) is 0 Å². The number of halogens is 2. The fourth-order valence-corrected chi connectivity index (χ4v) is 2.01. The van der Waals surface area contributed by atoms with Crippen LogP contribution in [0, 0.1) is 12.7 Å². The van der Waals surface area contributed by atoms with Crippen LogP contribution in [-0.2, 0) is 4.79 Å². The number of ether oxygens (including phenoxy) is 1. The Morgan fingerprint density at radius 2 is 2.05 bits per heavy atom. The molecule has 0 unspecified atom stereocenters. The van der Waals surface area contributed by atoms with Gasteiger partial charge in [-0.15, -0.1) is 0 Å². The molecule has 0 aliphatic rings. The van der Waals surface area contributed by atoms with Crippen molar-refractivity contribution in [3.8, 4) is 5.75 Å². The van der Waals surface area contributed by atoms with Crippen LogP contribution in [0.1, 0.15) is 12.0 Å². The smallest absolute Gasteiger partial charge is 0.227 e. The molecule has 0 aliphatic carbocycles. The van der Waals surface area contributed by atoms with E-state index in [1.165, 1.54) is 12.1 Å². The lowest BCUT2D eigenvalue weighted by Gasteiger charge is -2.09. The molecule has 1 N–H and O–H groups in total. The van der Waals surface area contributed by atoms with Gasteiger partial charge >= 0.3 is 0 Å². The zero-order valence-corrected chi connectivity index (χ0v) is 13.1. The van der Waals surface area contributed by atoms with Crippen LogP contribution in [0.15, 0.2) is 46.9 Å². The number of amides is 1. The molecule has 2 aromatic rings. The molecule has 0 fully saturated rings. The van der Waals surface area contributed by atoms with Crippen LogP contribution in [-0.4, -0.2) is 12.5 Å². The first-order valence-corrected chi connectivity index (χ1v) is 7.29. The van der Waals surface area contributed by atoms with E-state index < -0.39 is 5.82 Å². The first-order chi connectivity index (χ1) is 10.1. The number of carbonyl (C=O) groups is 1. The van der Waals surface area contributed by atoms with Gasteiger partial charge in [-0.25, -0.2) is 4.39 Å². The van der Waals surface area contributed by atoms with E-state index >= 15 is 0 Å². The summed E-state index contributed by atoms with van der Waals surface area (Å²) in [6.45, 7) is 2.07. The van der Waals surface area contributed by atoms with E-state index in [2.05, 4.69) is 21.2 Å².